The highest BCUT2D eigenvalue weighted by molar-refractivity contribution is 6.07. The minimum Gasteiger partial charge on any atom is -0.469 e. The summed E-state index contributed by atoms with van der Waals surface area (Å²) in [5.74, 6) is -6.36. The van der Waals surface area contributed by atoms with E-state index in [2.05, 4.69) is 14.2 Å². The van der Waals surface area contributed by atoms with Gasteiger partial charge in [-0.05, 0) is 0 Å². The Labute approximate surface area is 103 Å². The van der Waals surface area contributed by atoms with Gasteiger partial charge in [-0.1, -0.05) is 0 Å². The largest absolute Gasteiger partial charge is 0.469 e. The minimum absolute atomic E-state index is 0.230. The molecule has 1 saturated carbocycles. The van der Waals surface area contributed by atoms with E-state index in [4.69, 9.17) is 0 Å². The molecule has 100 valence electrons. The van der Waals surface area contributed by atoms with Crippen molar-refractivity contribution in [2.24, 2.45) is 17.8 Å². The highest BCUT2D eigenvalue weighted by Crippen LogP contribution is 2.37. The van der Waals surface area contributed by atoms with Crippen LogP contribution in [0.4, 0.5) is 0 Å². The van der Waals surface area contributed by atoms with Crippen LogP contribution in [0, 0.1) is 17.8 Å². The predicted octanol–water partition coefficient (Wildman–Crippen LogP) is -0.673. The van der Waals surface area contributed by atoms with Gasteiger partial charge in [0.2, 0.25) is 0 Å². The van der Waals surface area contributed by atoms with Gasteiger partial charge in [-0.3, -0.25) is 19.2 Å². The van der Waals surface area contributed by atoms with Crippen molar-refractivity contribution in [2.45, 2.75) is 6.42 Å². The zero-order valence-corrected chi connectivity index (χ0v) is 10.3. The van der Waals surface area contributed by atoms with Gasteiger partial charge in [0.15, 0.2) is 0 Å². The maximum atomic E-state index is 11.7. The van der Waals surface area contributed by atoms with Gasteiger partial charge in [0.25, 0.3) is 0 Å². The fourth-order valence-corrected chi connectivity index (χ4v) is 2.13. The molecule has 18 heavy (non-hydrogen) atoms. The first kappa shape index (κ1) is 14.1. The van der Waals surface area contributed by atoms with E-state index < -0.39 is 41.4 Å². The molecule has 0 amide bonds. The van der Waals surface area contributed by atoms with Crippen LogP contribution in [-0.2, 0) is 33.4 Å². The van der Waals surface area contributed by atoms with E-state index >= 15 is 0 Å². The smallest absolute Gasteiger partial charge is 0.317 e. The summed E-state index contributed by atoms with van der Waals surface area (Å²) in [6, 6.07) is 0. The van der Waals surface area contributed by atoms with Crippen molar-refractivity contribution in [1.29, 1.82) is 0 Å². The van der Waals surface area contributed by atoms with Gasteiger partial charge < -0.3 is 14.2 Å². The van der Waals surface area contributed by atoms with Crippen LogP contribution >= 0.6 is 0 Å². The van der Waals surface area contributed by atoms with E-state index in [1.54, 1.807) is 0 Å². The molecule has 3 atom stereocenters. The number of ketones is 1. The number of hydrogen-bond acceptors (Lipinski definition) is 7. The first-order valence-corrected chi connectivity index (χ1v) is 5.24. The standard InChI is InChI=1S/C11H14O7/c1-16-9(13)5-4-6(12)8(11(15)18-3)7(5)10(14)17-2/h5,7-8H,4H2,1-3H3. The molecular formula is C11H14O7. The molecule has 1 rings (SSSR count). The fraction of sp³-hybridized carbons (Fsp3) is 0.636. The zero-order chi connectivity index (χ0) is 13.9. The molecule has 1 aliphatic rings. The summed E-state index contributed by atoms with van der Waals surface area (Å²) in [5, 5.41) is 0. The van der Waals surface area contributed by atoms with Crippen LogP contribution in [0.25, 0.3) is 0 Å². The molecule has 0 aromatic heterocycles. The van der Waals surface area contributed by atoms with E-state index in [1.807, 2.05) is 0 Å². The number of carbonyl (C=O) groups is 4. The molecular weight excluding hydrogens is 244 g/mol. The summed E-state index contributed by atoms with van der Waals surface area (Å²) in [6.07, 6.45) is -0.230. The minimum atomic E-state index is -1.30. The van der Waals surface area contributed by atoms with Gasteiger partial charge in [0.1, 0.15) is 11.7 Å². The van der Waals surface area contributed by atoms with Crippen LogP contribution in [0.5, 0.6) is 0 Å². The molecule has 0 aromatic rings. The Morgan fingerprint density at radius 3 is 1.89 bits per heavy atom. The average molecular weight is 258 g/mol. The molecule has 0 radical (unpaired) electrons. The van der Waals surface area contributed by atoms with E-state index in [9.17, 15) is 19.2 Å². The first-order chi connectivity index (χ1) is 8.47. The molecule has 0 heterocycles. The lowest BCUT2D eigenvalue weighted by molar-refractivity contribution is -0.162. The predicted molar refractivity (Wildman–Crippen MR) is 56.1 cm³/mol. The quantitative estimate of drug-likeness (QED) is 0.376. The number of rotatable bonds is 3. The van der Waals surface area contributed by atoms with Gasteiger partial charge in [-0.25, -0.2) is 0 Å². The van der Waals surface area contributed by atoms with Crippen molar-refractivity contribution in [1.82, 2.24) is 0 Å². The van der Waals surface area contributed by atoms with E-state index in [-0.39, 0.29) is 6.42 Å². The van der Waals surface area contributed by atoms with Crippen LogP contribution < -0.4 is 0 Å². The number of methoxy groups -OCH3 is 3. The fourth-order valence-electron chi connectivity index (χ4n) is 2.13. The third-order valence-electron chi connectivity index (χ3n) is 2.99. The third kappa shape index (κ3) is 2.34. The first-order valence-electron chi connectivity index (χ1n) is 5.24. The van der Waals surface area contributed by atoms with Gasteiger partial charge in [0, 0.05) is 6.42 Å². The van der Waals surface area contributed by atoms with Crippen molar-refractivity contribution >= 4 is 23.7 Å². The molecule has 7 nitrogen and oxygen atoms in total. The summed E-state index contributed by atoms with van der Waals surface area (Å²) in [5.41, 5.74) is 0. The second kappa shape index (κ2) is 5.61. The van der Waals surface area contributed by atoms with Crippen molar-refractivity contribution in [3.05, 3.63) is 0 Å². The molecule has 0 bridgehead atoms. The summed E-state index contributed by atoms with van der Waals surface area (Å²) >= 11 is 0. The molecule has 0 spiro atoms. The third-order valence-corrected chi connectivity index (χ3v) is 2.99. The molecule has 7 heteroatoms. The van der Waals surface area contributed by atoms with Crippen LogP contribution in [0.1, 0.15) is 6.42 Å². The lowest BCUT2D eigenvalue weighted by Crippen LogP contribution is -2.36. The highest BCUT2D eigenvalue weighted by Gasteiger charge is 2.54. The van der Waals surface area contributed by atoms with Gasteiger partial charge >= 0.3 is 17.9 Å². The lowest BCUT2D eigenvalue weighted by atomic mass is 9.89. The topological polar surface area (TPSA) is 96.0 Å². The van der Waals surface area contributed by atoms with Gasteiger partial charge in [0.05, 0.1) is 33.2 Å². The Balaban J connectivity index is 3.10. The molecule has 0 saturated heterocycles. The maximum Gasteiger partial charge on any atom is 0.317 e. The van der Waals surface area contributed by atoms with Crippen LogP contribution in [-0.4, -0.2) is 45.0 Å². The second-order valence-electron chi connectivity index (χ2n) is 3.85. The molecule has 0 N–H and O–H groups in total. The number of Topliss-reactive ketones (excluding diaryl/α,β-unsaturated/α-hetero) is 1. The summed E-state index contributed by atoms with van der Waals surface area (Å²) in [4.78, 5) is 46.4. The molecule has 3 unspecified atom stereocenters. The molecule has 1 fully saturated rings. The lowest BCUT2D eigenvalue weighted by Gasteiger charge is -2.18. The molecule has 0 aromatic carbocycles. The Morgan fingerprint density at radius 2 is 1.44 bits per heavy atom. The monoisotopic (exact) mass is 258 g/mol. The maximum absolute atomic E-state index is 11.7. The van der Waals surface area contributed by atoms with Crippen LogP contribution in [0.15, 0.2) is 0 Å². The second-order valence-corrected chi connectivity index (χ2v) is 3.85. The Hall–Kier alpha value is -1.92. The number of ether oxygens (including phenoxy) is 3. The summed E-state index contributed by atoms with van der Waals surface area (Å²) in [7, 11) is 3.37. The normalized spacial score (nSPS) is 26.6. The van der Waals surface area contributed by atoms with E-state index in [0.29, 0.717) is 0 Å². The summed E-state index contributed by atoms with van der Waals surface area (Å²) < 4.78 is 13.5. The average Bonchev–Trinajstić information content (AvgIpc) is 2.73. The van der Waals surface area contributed by atoms with Crippen molar-refractivity contribution < 1.29 is 33.4 Å². The van der Waals surface area contributed by atoms with Crippen LogP contribution in [0.2, 0.25) is 0 Å². The Kier molecular flexibility index (Phi) is 4.41. The Morgan fingerprint density at radius 1 is 0.944 bits per heavy atom. The number of esters is 3. The highest BCUT2D eigenvalue weighted by atomic mass is 16.5. The summed E-state index contributed by atoms with van der Waals surface area (Å²) in [6.45, 7) is 0. The molecule has 1 aliphatic carbocycles. The number of hydrogen-bond donors (Lipinski definition) is 0. The van der Waals surface area contributed by atoms with E-state index in [1.165, 1.54) is 0 Å². The van der Waals surface area contributed by atoms with Crippen LogP contribution in [0.3, 0.4) is 0 Å². The number of carbonyl (C=O) groups excluding carboxylic acids is 4. The van der Waals surface area contributed by atoms with Crippen molar-refractivity contribution in [2.75, 3.05) is 21.3 Å². The van der Waals surface area contributed by atoms with Crippen molar-refractivity contribution in [3.63, 3.8) is 0 Å². The van der Waals surface area contributed by atoms with Gasteiger partial charge in [-0.2, -0.15) is 0 Å². The van der Waals surface area contributed by atoms with Gasteiger partial charge in [-0.15, -0.1) is 0 Å². The SMILES string of the molecule is COC(=O)C1CC(=O)C(C(=O)OC)C1C(=O)OC. The van der Waals surface area contributed by atoms with E-state index in [0.717, 1.165) is 21.3 Å². The Bertz CT molecular complexity index is 387. The zero-order valence-electron chi connectivity index (χ0n) is 10.3. The van der Waals surface area contributed by atoms with Crippen molar-refractivity contribution in [3.8, 4) is 0 Å². The molecule has 0 aliphatic heterocycles.